The van der Waals surface area contributed by atoms with Gasteiger partial charge in [-0.15, -0.1) is 0 Å². The molecule has 0 aliphatic carbocycles. The van der Waals surface area contributed by atoms with Crippen LogP contribution in [0.5, 0.6) is 0 Å². The molecule has 0 fully saturated rings. The van der Waals surface area contributed by atoms with Crippen molar-refractivity contribution in [3.63, 3.8) is 0 Å². The van der Waals surface area contributed by atoms with Gasteiger partial charge in [0.2, 0.25) is 0 Å². The summed E-state index contributed by atoms with van der Waals surface area (Å²) in [6.07, 6.45) is -0.529. The third kappa shape index (κ3) is 2.84. The molecule has 0 spiro atoms. The quantitative estimate of drug-likeness (QED) is 0.752. The lowest BCUT2D eigenvalue weighted by molar-refractivity contribution is 0.0619. The van der Waals surface area contributed by atoms with Crippen LogP contribution in [0, 0.1) is 5.82 Å². The van der Waals surface area contributed by atoms with Crippen molar-refractivity contribution in [2.45, 2.75) is 6.17 Å². The number of hydrogen-bond donors (Lipinski definition) is 2. The van der Waals surface area contributed by atoms with E-state index in [2.05, 4.69) is 5.32 Å². The van der Waals surface area contributed by atoms with E-state index in [9.17, 15) is 14.3 Å². The zero-order chi connectivity index (χ0) is 18.1. The number of para-hydroxylation sites is 1. The van der Waals surface area contributed by atoms with Crippen molar-refractivity contribution in [2.75, 3.05) is 18.5 Å². The van der Waals surface area contributed by atoms with Crippen LogP contribution in [0.3, 0.4) is 0 Å². The molecule has 1 aromatic heterocycles. The second-order valence-corrected chi connectivity index (χ2v) is 6.02. The highest BCUT2D eigenvalue weighted by Crippen LogP contribution is 2.35. The van der Waals surface area contributed by atoms with Crippen molar-refractivity contribution in [1.82, 2.24) is 4.90 Å². The van der Waals surface area contributed by atoms with E-state index >= 15 is 0 Å². The smallest absolute Gasteiger partial charge is 0.258 e. The average molecular weight is 352 g/mol. The molecule has 0 bridgehead atoms. The fraction of sp³-hybridized carbons (Fsp3) is 0.150. The fourth-order valence-electron chi connectivity index (χ4n) is 3.12. The Labute approximate surface area is 149 Å². The molecule has 0 saturated heterocycles. The maximum atomic E-state index is 13.1. The molecule has 1 aliphatic heterocycles. The number of nitrogens with one attached hydrogen (secondary N) is 1. The molecule has 0 saturated carbocycles. The molecule has 1 aliphatic rings. The summed E-state index contributed by atoms with van der Waals surface area (Å²) in [5, 5.41) is 12.7. The third-order valence-corrected chi connectivity index (χ3v) is 4.39. The molecular formula is C20H17FN2O3. The Bertz CT molecular complexity index is 936. The largest absolute Gasteiger partial charge is 0.457 e. The van der Waals surface area contributed by atoms with E-state index in [-0.39, 0.29) is 24.9 Å². The van der Waals surface area contributed by atoms with Gasteiger partial charge >= 0.3 is 0 Å². The molecule has 1 atom stereocenters. The summed E-state index contributed by atoms with van der Waals surface area (Å²) in [7, 11) is 0. The number of β-amino-alcohol motifs (C(OH)–C–C–N with tert-alkyl or cyclic N) is 1. The summed E-state index contributed by atoms with van der Waals surface area (Å²) in [5.74, 6) is 0.640. The van der Waals surface area contributed by atoms with E-state index in [1.807, 2.05) is 12.1 Å². The first kappa shape index (κ1) is 16.4. The minimum atomic E-state index is -0.529. The van der Waals surface area contributed by atoms with Crippen LogP contribution in [0.15, 0.2) is 65.1 Å². The fourth-order valence-corrected chi connectivity index (χ4v) is 3.12. The van der Waals surface area contributed by atoms with Gasteiger partial charge in [0.25, 0.3) is 5.91 Å². The average Bonchev–Trinajstić information content (AvgIpc) is 3.14. The van der Waals surface area contributed by atoms with Crippen LogP contribution < -0.4 is 5.32 Å². The standard InChI is InChI=1S/C20H17FN2O3/c21-14-7-5-13(6-8-14)17-9-10-18(26-17)19-22-16-4-2-1-3-15(16)20(25)23(19)11-12-24/h1-10,19,22,24H,11-12H2/t19-/m1/s1. The summed E-state index contributed by atoms with van der Waals surface area (Å²) in [6.45, 7) is 0.0228. The van der Waals surface area contributed by atoms with Gasteiger partial charge in [-0.3, -0.25) is 4.79 Å². The van der Waals surface area contributed by atoms with E-state index < -0.39 is 6.17 Å². The normalized spacial score (nSPS) is 16.3. The number of carbonyl (C=O) groups excluding carboxylic acids is 1. The molecule has 6 heteroatoms. The zero-order valence-corrected chi connectivity index (χ0v) is 13.9. The van der Waals surface area contributed by atoms with Crippen LogP contribution in [0.25, 0.3) is 11.3 Å². The van der Waals surface area contributed by atoms with Gasteiger partial charge < -0.3 is 19.7 Å². The van der Waals surface area contributed by atoms with Crippen LogP contribution in [0.2, 0.25) is 0 Å². The Morgan fingerprint density at radius 2 is 1.85 bits per heavy atom. The molecule has 1 amide bonds. The van der Waals surface area contributed by atoms with Crippen molar-refractivity contribution in [1.29, 1.82) is 0 Å². The summed E-state index contributed by atoms with van der Waals surface area (Å²) >= 11 is 0. The predicted octanol–water partition coefficient (Wildman–Crippen LogP) is 3.64. The number of rotatable bonds is 4. The van der Waals surface area contributed by atoms with Gasteiger partial charge in [0.1, 0.15) is 17.3 Å². The maximum Gasteiger partial charge on any atom is 0.258 e. The van der Waals surface area contributed by atoms with Gasteiger partial charge in [-0.05, 0) is 48.5 Å². The Hall–Kier alpha value is -3.12. The van der Waals surface area contributed by atoms with Crippen molar-refractivity contribution in [3.8, 4) is 11.3 Å². The van der Waals surface area contributed by atoms with Crippen LogP contribution in [-0.2, 0) is 0 Å². The monoisotopic (exact) mass is 352 g/mol. The number of fused-ring (bicyclic) bond motifs is 1. The molecular weight excluding hydrogens is 335 g/mol. The number of halogens is 1. The van der Waals surface area contributed by atoms with Gasteiger partial charge in [-0.2, -0.15) is 0 Å². The number of anilines is 1. The minimum absolute atomic E-state index is 0.155. The van der Waals surface area contributed by atoms with E-state index in [0.717, 1.165) is 11.3 Å². The first-order valence-corrected chi connectivity index (χ1v) is 8.30. The van der Waals surface area contributed by atoms with Gasteiger partial charge in [0.15, 0.2) is 6.17 Å². The van der Waals surface area contributed by atoms with Gasteiger partial charge in [0.05, 0.1) is 12.2 Å². The molecule has 0 radical (unpaired) electrons. The van der Waals surface area contributed by atoms with Crippen molar-refractivity contribution in [2.24, 2.45) is 0 Å². The third-order valence-electron chi connectivity index (χ3n) is 4.39. The number of hydrogen-bond acceptors (Lipinski definition) is 4. The molecule has 3 aromatic rings. The summed E-state index contributed by atoms with van der Waals surface area (Å²) in [5.41, 5.74) is 2.02. The maximum absolute atomic E-state index is 13.1. The Kier molecular flexibility index (Phi) is 4.18. The van der Waals surface area contributed by atoms with Crippen molar-refractivity contribution < 1.29 is 18.7 Å². The van der Waals surface area contributed by atoms with E-state index in [1.165, 1.54) is 17.0 Å². The first-order chi connectivity index (χ1) is 12.7. The molecule has 0 unspecified atom stereocenters. The highest BCUT2D eigenvalue weighted by atomic mass is 19.1. The molecule has 2 N–H and O–H groups in total. The lowest BCUT2D eigenvalue weighted by Gasteiger charge is -2.36. The molecule has 132 valence electrons. The summed E-state index contributed by atoms with van der Waals surface area (Å²) in [6, 6.07) is 16.8. The highest BCUT2D eigenvalue weighted by Gasteiger charge is 2.34. The summed E-state index contributed by atoms with van der Waals surface area (Å²) < 4.78 is 19.0. The lowest BCUT2D eigenvalue weighted by atomic mass is 10.1. The summed E-state index contributed by atoms with van der Waals surface area (Å²) in [4.78, 5) is 14.3. The van der Waals surface area contributed by atoms with Gasteiger partial charge in [-0.25, -0.2) is 4.39 Å². The second-order valence-electron chi connectivity index (χ2n) is 6.02. The number of furan rings is 1. The number of nitrogens with zero attached hydrogens (tertiary/aromatic N) is 1. The molecule has 4 rings (SSSR count). The van der Waals surface area contributed by atoms with Crippen LogP contribution >= 0.6 is 0 Å². The lowest BCUT2D eigenvalue weighted by Crippen LogP contribution is -2.44. The highest BCUT2D eigenvalue weighted by molar-refractivity contribution is 6.01. The van der Waals surface area contributed by atoms with E-state index in [4.69, 9.17) is 4.42 Å². The topological polar surface area (TPSA) is 65.7 Å². The molecule has 2 heterocycles. The van der Waals surface area contributed by atoms with Crippen LogP contribution in [-0.4, -0.2) is 29.1 Å². The number of aliphatic hydroxyl groups is 1. The number of aliphatic hydroxyl groups excluding tert-OH is 1. The van der Waals surface area contributed by atoms with E-state index in [0.29, 0.717) is 17.1 Å². The minimum Gasteiger partial charge on any atom is -0.457 e. The van der Waals surface area contributed by atoms with Gasteiger partial charge in [0, 0.05) is 17.8 Å². The second kappa shape index (κ2) is 6.65. The molecule has 5 nitrogen and oxygen atoms in total. The zero-order valence-electron chi connectivity index (χ0n) is 13.9. The first-order valence-electron chi connectivity index (χ1n) is 8.30. The van der Waals surface area contributed by atoms with E-state index in [1.54, 1.807) is 36.4 Å². The number of amides is 1. The van der Waals surface area contributed by atoms with Crippen LogP contribution in [0.1, 0.15) is 22.3 Å². The Morgan fingerprint density at radius 1 is 1.08 bits per heavy atom. The Morgan fingerprint density at radius 3 is 2.62 bits per heavy atom. The Balaban J connectivity index is 1.70. The predicted molar refractivity (Wildman–Crippen MR) is 95.0 cm³/mol. The number of carbonyl (C=O) groups is 1. The van der Waals surface area contributed by atoms with Crippen molar-refractivity contribution >= 4 is 11.6 Å². The molecule has 2 aromatic carbocycles. The SMILES string of the molecule is O=C1c2ccccc2N[C@@H](c2ccc(-c3ccc(F)cc3)o2)N1CCO. The van der Waals surface area contributed by atoms with Crippen molar-refractivity contribution in [3.05, 3.63) is 77.8 Å². The van der Waals surface area contributed by atoms with Gasteiger partial charge in [-0.1, -0.05) is 12.1 Å². The number of benzene rings is 2. The van der Waals surface area contributed by atoms with Crippen LogP contribution in [0.4, 0.5) is 10.1 Å². The molecule has 26 heavy (non-hydrogen) atoms.